The number of hydrogen-bond donors (Lipinski definition) is 2. The van der Waals surface area contributed by atoms with Gasteiger partial charge in [0, 0.05) is 17.8 Å². The SMILES string of the molecule is CC(C)(C)OC(=O)NC1CCC(Nc2ccc(F)c(C#N)c2)C1. The van der Waals surface area contributed by atoms with Crippen LogP contribution in [0.25, 0.3) is 0 Å². The molecule has 0 heterocycles. The van der Waals surface area contributed by atoms with Crippen LogP contribution in [-0.2, 0) is 4.74 Å². The minimum absolute atomic E-state index is 0.0245. The zero-order chi connectivity index (χ0) is 17.0. The number of amides is 1. The zero-order valence-electron chi connectivity index (χ0n) is 13.6. The molecule has 1 fully saturated rings. The van der Waals surface area contributed by atoms with Gasteiger partial charge in [-0.1, -0.05) is 0 Å². The number of alkyl carbamates (subject to hydrolysis) is 1. The molecule has 1 saturated carbocycles. The van der Waals surface area contributed by atoms with Crippen molar-refractivity contribution in [2.45, 2.75) is 57.7 Å². The largest absolute Gasteiger partial charge is 0.444 e. The average Bonchev–Trinajstić information content (AvgIpc) is 2.85. The number of nitrogens with zero attached hydrogens (tertiary/aromatic N) is 1. The second-order valence-electron chi connectivity index (χ2n) is 6.80. The van der Waals surface area contributed by atoms with Crippen molar-refractivity contribution in [3.63, 3.8) is 0 Å². The first-order valence-corrected chi connectivity index (χ1v) is 7.72. The predicted molar refractivity (Wildman–Crippen MR) is 85.5 cm³/mol. The molecule has 1 aliphatic carbocycles. The summed E-state index contributed by atoms with van der Waals surface area (Å²) in [5.74, 6) is -0.519. The van der Waals surface area contributed by atoms with E-state index in [0.717, 1.165) is 19.3 Å². The molecule has 5 nitrogen and oxygen atoms in total. The van der Waals surface area contributed by atoms with E-state index in [1.165, 1.54) is 12.1 Å². The number of halogens is 1. The smallest absolute Gasteiger partial charge is 0.407 e. The zero-order valence-corrected chi connectivity index (χ0v) is 13.6. The van der Waals surface area contributed by atoms with Crippen LogP contribution in [0.2, 0.25) is 0 Å². The third kappa shape index (κ3) is 5.13. The quantitative estimate of drug-likeness (QED) is 0.893. The normalized spacial score (nSPS) is 20.7. The average molecular weight is 319 g/mol. The number of benzene rings is 1. The molecule has 1 amide bonds. The van der Waals surface area contributed by atoms with Crippen molar-refractivity contribution in [2.24, 2.45) is 0 Å². The fourth-order valence-corrected chi connectivity index (χ4v) is 2.65. The molecule has 0 aliphatic heterocycles. The van der Waals surface area contributed by atoms with Gasteiger partial charge in [0.05, 0.1) is 5.56 Å². The highest BCUT2D eigenvalue weighted by Crippen LogP contribution is 2.24. The van der Waals surface area contributed by atoms with Crippen LogP contribution in [0.4, 0.5) is 14.9 Å². The van der Waals surface area contributed by atoms with Crippen molar-refractivity contribution in [1.29, 1.82) is 5.26 Å². The minimum atomic E-state index is -0.519. The highest BCUT2D eigenvalue weighted by Gasteiger charge is 2.27. The first kappa shape index (κ1) is 17.1. The number of hydrogen-bond acceptors (Lipinski definition) is 4. The van der Waals surface area contributed by atoms with Crippen LogP contribution < -0.4 is 10.6 Å². The first-order chi connectivity index (χ1) is 10.8. The van der Waals surface area contributed by atoms with E-state index in [4.69, 9.17) is 10.00 Å². The summed E-state index contributed by atoms with van der Waals surface area (Å²) in [5.41, 5.74) is 0.226. The van der Waals surface area contributed by atoms with Gasteiger partial charge in [-0.05, 0) is 58.2 Å². The van der Waals surface area contributed by atoms with Crippen LogP contribution in [0.3, 0.4) is 0 Å². The molecule has 23 heavy (non-hydrogen) atoms. The Balaban J connectivity index is 1.86. The molecule has 1 aromatic carbocycles. The summed E-state index contributed by atoms with van der Waals surface area (Å²) in [6, 6.07) is 6.46. The van der Waals surface area contributed by atoms with Crippen molar-refractivity contribution in [3.8, 4) is 6.07 Å². The van der Waals surface area contributed by atoms with Crippen LogP contribution in [0, 0.1) is 17.1 Å². The monoisotopic (exact) mass is 319 g/mol. The second kappa shape index (κ2) is 6.86. The third-order valence-electron chi connectivity index (χ3n) is 3.61. The summed E-state index contributed by atoms with van der Waals surface area (Å²) in [6.07, 6.45) is 2.10. The van der Waals surface area contributed by atoms with Crippen LogP contribution in [-0.4, -0.2) is 23.8 Å². The van der Waals surface area contributed by atoms with Gasteiger partial charge in [-0.2, -0.15) is 5.26 Å². The first-order valence-electron chi connectivity index (χ1n) is 7.72. The lowest BCUT2D eigenvalue weighted by atomic mass is 10.1. The van der Waals surface area contributed by atoms with E-state index in [-0.39, 0.29) is 17.6 Å². The minimum Gasteiger partial charge on any atom is -0.444 e. The Kier molecular flexibility index (Phi) is 5.09. The summed E-state index contributed by atoms with van der Waals surface area (Å²) in [4.78, 5) is 11.8. The molecule has 2 atom stereocenters. The molecule has 1 aromatic rings. The van der Waals surface area contributed by atoms with Gasteiger partial charge < -0.3 is 15.4 Å². The van der Waals surface area contributed by atoms with Gasteiger partial charge in [0.2, 0.25) is 0 Å². The Bertz CT molecular complexity index is 619. The van der Waals surface area contributed by atoms with Crippen molar-refractivity contribution in [2.75, 3.05) is 5.32 Å². The Hall–Kier alpha value is -2.29. The molecule has 2 rings (SSSR count). The maximum absolute atomic E-state index is 13.3. The summed E-state index contributed by atoms with van der Waals surface area (Å²) in [6.45, 7) is 5.48. The van der Waals surface area contributed by atoms with E-state index in [1.807, 2.05) is 26.8 Å². The van der Waals surface area contributed by atoms with Crippen LogP contribution in [0.5, 0.6) is 0 Å². The Morgan fingerprint density at radius 1 is 1.35 bits per heavy atom. The molecule has 0 spiro atoms. The highest BCUT2D eigenvalue weighted by atomic mass is 19.1. The summed E-state index contributed by atoms with van der Waals surface area (Å²) >= 11 is 0. The molecule has 0 saturated heterocycles. The summed E-state index contributed by atoms with van der Waals surface area (Å²) < 4.78 is 18.6. The molecule has 0 radical (unpaired) electrons. The number of rotatable bonds is 3. The molecule has 124 valence electrons. The number of carbonyl (C=O) groups excluding carboxylic acids is 1. The van der Waals surface area contributed by atoms with Gasteiger partial charge in [-0.25, -0.2) is 9.18 Å². The molecule has 1 aliphatic rings. The number of nitrogens with one attached hydrogen (secondary N) is 2. The van der Waals surface area contributed by atoms with Gasteiger partial charge in [0.25, 0.3) is 0 Å². The number of anilines is 1. The lowest BCUT2D eigenvalue weighted by Gasteiger charge is -2.22. The second-order valence-corrected chi connectivity index (χ2v) is 6.80. The fraction of sp³-hybridized carbons (Fsp3) is 0.529. The van der Waals surface area contributed by atoms with Gasteiger partial charge in [-0.3, -0.25) is 0 Å². The molecule has 6 heteroatoms. The molecular formula is C17H22FN3O2. The lowest BCUT2D eigenvalue weighted by Crippen LogP contribution is -2.38. The molecule has 2 unspecified atom stereocenters. The molecule has 2 N–H and O–H groups in total. The molecular weight excluding hydrogens is 297 g/mol. The Labute approximate surface area is 135 Å². The highest BCUT2D eigenvalue weighted by molar-refractivity contribution is 5.68. The van der Waals surface area contributed by atoms with E-state index in [1.54, 1.807) is 6.07 Å². The van der Waals surface area contributed by atoms with Gasteiger partial charge in [0.15, 0.2) is 0 Å². The molecule has 0 aromatic heterocycles. The Morgan fingerprint density at radius 3 is 2.70 bits per heavy atom. The van der Waals surface area contributed by atoms with Gasteiger partial charge >= 0.3 is 6.09 Å². The van der Waals surface area contributed by atoms with Crippen molar-refractivity contribution in [3.05, 3.63) is 29.6 Å². The van der Waals surface area contributed by atoms with E-state index in [9.17, 15) is 9.18 Å². The Morgan fingerprint density at radius 2 is 2.04 bits per heavy atom. The maximum Gasteiger partial charge on any atom is 0.407 e. The van der Waals surface area contributed by atoms with Crippen molar-refractivity contribution >= 4 is 11.8 Å². The van der Waals surface area contributed by atoms with Crippen LogP contribution in [0.1, 0.15) is 45.6 Å². The van der Waals surface area contributed by atoms with Crippen LogP contribution >= 0.6 is 0 Å². The van der Waals surface area contributed by atoms with Crippen molar-refractivity contribution in [1.82, 2.24) is 5.32 Å². The van der Waals surface area contributed by atoms with Crippen LogP contribution in [0.15, 0.2) is 18.2 Å². The number of carbonyl (C=O) groups is 1. The van der Waals surface area contributed by atoms with E-state index in [0.29, 0.717) is 5.69 Å². The topological polar surface area (TPSA) is 74.2 Å². The number of ether oxygens (including phenoxy) is 1. The lowest BCUT2D eigenvalue weighted by molar-refractivity contribution is 0.0505. The number of nitriles is 1. The van der Waals surface area contributed by atoms with Gasteiger partial charge in [-0.15, -0.1) is 0 Å². The summed E-state index contributed by atoms with van der Waals surface area (Å²) in [5, 5.41) is 15.0. The maximum atomic E-state index is 13.3. The molecule has 0 bridgehead atoms. The predicted octanol–water partition coefficient (Wildman–Crippen LogP) is 3.56. The third-order valence-corrected chi connectivity index (χ3v) is 3.61. The van der Waals surface area contributed by atoms with Crippen molar-refractivity contribution < 1.29 is 13.9 Å². The standard InChI is InChI=1S/C17H22FN3O2/c1-17(2,3)23-16(22)21-14-5-4-13(9-14)20-12-6-7-15(18)11(8-12)10-19/h6-8,13-14,20H,4-5,9H2,1-3H3,(H,21,22). The van der Waals surface area contributed by atoms with E-state index >= 15 is 0 Å². The fourth-order valence-electron chi connectivity index (χ4n) is 2.65. The van der Waals surface area contributed by atoms with E-state index in [2.05, 4.69) is 10.6 Å². The van der Waals surface area contributed by atoms with Gasteiger partial charge in [0.1, 0.15) is 17.5 Å². The van der Waals surface area contributed by atoms with E-state index < -0.39 is 17.5 Å². The summed E-state index contributed by atoms with van der Waals surface area (Å²) in [7, 11) is 0.